The average Bonchev–Trinajstić information content (AvgIpc) is 2.57. The van der Waals surface area contributed by atoms with Crippen molar-refractivity contribution in [2.45, 2.75) is 34.0 Å². The molecular weight excluding hydrogens is 355 g/mol. The van der Waals surface area contributed by atoms with Gasteiger partial charge in [0.15, 0.2) is 0 Å². The average molecular weight is 372 g/mol. The molecule has 2 unspecified atom stereocenters. The predicted molar refractivity (Wildman–Crippen MR) is 84.4 cm³/mol. The Hall–Kier alpha value is -0.0300. The number of fused-ring (bicyclic) bond motifs is 2. The molecule has 0 aliphatic heterocycles. The lowest BCUT2D eigenvalue weighted by Crippen LogP contribution is -2.26. The largest absolute Gasteiger partial charge is 0.300 e. The summed E-state index contributed by atoms with van der Waals surface area (Å²) >= 11 is 4.50. The molecule has 2 bridgehead atoms. The van der Waals surface area contributed by atoms with Gasteiger partial charge in [0.25, 0.3) is 0 Å². The lowest BCUT2D eigenvalue weighted by molar-refractivity contribution is -0.121. The molecule has 0 N–H and O–H groups in total. The van der Waals surface area contributed by atoms with Crippen LogP contribution in [0.25, 0.3) is 0 Å². The summed E-state index contributed by atoms with van der Waals surface area (Å²) in [5, 5.41) is 0. The normalized spacial score (nSPS) is 34.8. The monoisotopic (exact) mass is 372 g/mol. The van der Waals surface area contributed by atoms with Crippen LogP contribution in [0.1, 0.15) is 25.7 Å². The number of Topliss-reactive ketones (excluding diaryl/α,β-unsaturated/α-hetero) is 1. The quantitative estimate of drug-likeness (QED) is 0.446. The van der Waals surface area contributed by atoms with Crippen molar-refractivity contribution in [1.29, 1.82) is 0 Å². The zero-order valence-corrected chi connectivity index (χ0v) is 13.2. The first-order chi connectivity index (χ1) is 8.65. The summed E-state index contributed by atoms with van der Waals surface area (Å²) < 4.78 is 0.291. The molecule has 3 heteroatoms. The molecule has 18 heavy (non-hydrogen) atoms. The van der Waals surface area contributed by atoms with Crippen molar-refractivity contribution < 1.29 is 4.79 Å². The summed E-state index contributed by atoms with van der Waals surface area (Å²) in [5.41, 5.74) is 0. The molecular formula is C15H17IOS. The van der Waals surface area contributed by atoms with E-state index in [0.717, 1.165) is 18.8 Å². The molecule has 0 aromatic heterocycles. The number of ketones is 1. The second-order valence-electron chi connectivity index (χ2n) is 5.62. The fourth-order valence-corrected chi connectivity index (χ4v) is 6.08. The second-order valence-corrected chi connectivity index (χ2v) is 9.00. The van der Waals surface area contributed by atoms with Crippen molar-refractivity contribution in [2.24, 2.45) is 11.8 Å². The van der Waals surface area contributed by atoms with Gasteiger partial charge in [-0.3, -0.25) is 4.79 Å². The Bertz CT molecular complexity index is 447. The van der Waals surface area contributed by atoms with Crippen LogP contribution in [0, 0.1) is 11.8 Å². The first kappa shape index (κ1) is 13.0. The number of rotatable bonds is 3. The van der Waals surface area contributed by atoms with E-state index in [1.54, 1.807) is 0 Å². The molecule has 3 atom stereocenters. The van der Waals surface area contributed by atoms with Crippen molar-refractivity contribution in [2.75, 3.05) is 5.75 Å². The SMILES string of the molecule is O=C1CC2C[C@@](I)(C1)CC2CSc1ccccc1. The van der Waals surface area contributed by atoms with Crippen molar-refractivity contribution in [3.05, 3.63) is 30.3 Å². The zero-order chi connectivity index (χ0) is 12.6. The molecule has 0 heterocycles. The van der Waals surface area contributed by atoms with Crippen LogP contribution in [0.4, 0.5) is 0 Å². The van der Waals surface area contributed by atoms with E-state index in [4.69, 9.17) is 0 Å². The van der Waals surface area contributed by atoms with Crippen LogP contribution in [-0.2, 0) is 4.79 Å². The van der Waals surface area contributed by atoms with E-state index in [1.165, 1.54) is 23.5 Å². The Balaban J connectivity index is 1.63. The predicted octanol–water partition coefficient (Wildman–Crippen LogP) is 4.34. The summed E-state index contributed by atoms with van der Waals surface area (Å²) in [7, 11) is 0. The van der Waals surface area contributed by atoms with Gasteiger partial charge in [0, 0.05) is 26.9 Å². The van der Waals surface area contributed by atoms with Crippen molar-refractivity contribution in [3.63, 3.8) is 0 Å². The maximum absolute atomic E-state index is 11.7. The van der Waals surface area contributed by atoms with E-state index < -0.39 is 0 Å². The first-order valence-corrected chi connectivity index (χ1v) is 8.60. The number of hydrogen-bond donors (Lipinski definition) is 0. The Morgan fingerprint density at radius 1 is 1.28 bits per heavy atom. The molecule has 96 valence electrons. The van der Waals surface area contributed by atoms with Crippen LogP contribution in [-0.4, -0.2) is 15.0 Å². The zero-order valence-electron chi connectivity index (χ0n) is 10.3. The van der Waals surface area contributed by atoms with Crippen LogP contribution in [0.3, 0.4) is 0 Å². The summed E-state index contributed by atoms with van der Waals surface area (Å²) in [5.74, 6) is 3.05. The van der Waals surface area contributed by atoms with E-state index in [1.807, 2.05) is 11.8 Å². The summed E-state index contributed by atoms with van der Waals surface area (Å²) in [6, 6.07) is 10.6. The fourth-order valence-electron chi connectivity index (χ4n) is 3.37. The van der Waals surface area contributed by atoms with E-state index >= 15 is 0 Å². The van der Waals surface area contributed by atoms with E-state index in [0.29, 0.717) is 15.1 Å². The van der Waals surface area contributed by atoms with Gasteiger partial charge in [0.1, 0.15) is 5.78 Å². The molecule has 1 aromatic carbocycles. The van der Waals surface area contributed by atoms with Gasteiger partial charge in [0.05, 0.1) is 0 Å². The molecule has 1 aromatic rings. The smallest absolute Gasteiger partial charge is 0.134 e. The lowest BCUT2D eigenvalue weighted by Gasteiger charge is -2.25. The number of benzene rings is 1. The molecule has 0 spiro atoms. The van der Waals surface area contributed by atoms with E-state index in [-0.39, 0.29) is 0 Å². The molecule has 2 aliphatic carbocycles. The Labute approximate surface area is 126 Å². The standard InChI is InChI=1S/C15H17IOS/c16-15-7-11(6-13(17)9-15)12(8-15)10-18-14-4-2-1-3-5-14/h1-5,11-12H,6-10H2/t11?,12?,15-/m0/s1. The number of hydrogen-bond acceptors (Lipinski definition) is 2. The number of alkyl halides is 1. The van der Waals surface area contributed by atoms with Gasteiger partial charge >= 0.3 is 0 Å². The molecule has 0 amide bonds. The first-order valence-electron chi connectivity index (χ1n) is 6.53. The highest BCUT2D eigenvalue weighted by molar-refractivity contribution is 14.1. The van der Waals surface area contributed by atoms with Gasteiger partial charge < -0.3 is 0 Å². The second kappa shape index (κ2) is 5.16. The minimum absolute atomic E-state index is 0.291. The maximum atomic E-state index is 11.7. The van der Waals surface area contributed by atoms with Gasteiger partial charge in [-0.25, -0.2) is 0 Å². The van der Waals surface area contributed by atoms with Gasteiger partial charge in [-0.15, -0.1) is 11.8 Å². The van der Waals surface area contributed by atoms with Crippen LogP contribution in [0.2, 0.25) is 0 Å². The minimum atomic E-state index is 0.291. The van der Waals surface area contributed by atoms with Gasteiger partial charge in [-0.05, 0) is 36.8 Å². The number of carbonyl (C=O) groups is 1. The molecule has 2 fully saturated rings. The summed E-state index contributed by atoms with van der Waals surface area (Å²) in [6.07, 6.45) is 4.16. The van der Waals surface area contributed by atoms with E-state index in [2.05, 4.69) is 52.9 Å². The topological polar surface area (TPSA) is 17.1 Å². The van der Waals surface area contributed by atoms with Crippen molar-refractivity contribution in [1.82, 2.24) is 0 Å². The van der Waals surface area contributed by atoms with Gasteiger partial charge in [-0.1, -0.05) is 40.8 Å². The Kier molecular flexibility index (Phi) is 3.72. The molecule has 0 saturated heterocycles. The number of carbonyl (C=O) groups excluding carboxylic acids is 1. The Morgan fingerprint density at radius 3 is 2.83 bits per heavy atom. The van der Waals surface area contributed by atoms with Crippen LogP contribution in [0.5, 0.6) is 0 Å². The van der Waals surface area contributed by atoms with Crippen LogP contribution >= 0.6 is 34.4 Å². The van der Waals surface area contributed by atoms with Gasteiger partial charge in [0.2, 0.25) is 0 Å². The Morgan fingerprint density at radius 2 is 2.06 bits per heavy atom. The third-order valence-electron chi connectivity index (χ3n) is 4.13. The molecule has 3 rings (SSSR count). The highest BCUT2D eigenvalue weighted by atomic mass is 127. The third-order valence-corrected chi connectivity index (χ3v) is 6.60. The van der Waals surface area contributed by atoms with Crippen LogP contribution in [0.15, 0.2) is 35.2 Å². The lowest BCUT2D eigenvalue weighted by atomic mass is 9.86. The number of thioether (sulfide) groups is 1. The molecule has 0 radical (unpaired) electrons. The fraction of sp³-hybridized carbons (Fsp3) is 0.533. The van der Waals surface area contributed by atoms with Crippen LogP contribution < -0.4 is 0 Å². The summed E-state index contributed by atoms with van der Waals surface area (Å²) in [6.45, 7) is 0. The molecule has 1 nitrogen and oxygen atoms in total. The minimum Gasteiger partial charge on any atom is -0.300 e. The third kappa shape index (κ3) is 2.77. The highest BCUT2D eigenvalue weighted by Crippen LogP contribution is 2.53. The van der Waals surface area contributed by atoms with Gasteiger partial charge in [-0.2, -0.15) is 0 Å². The van der Waals surface area contributed by atoms with E-state index in [9.17, 15) is 4.79 Å². The molecule has 2 saturated carbocycles. The van der Waals surface area contributed by atoms with Crippen molar-refractivity contribution >= 4 is 40.1 Å². The van der Waals surface area contributed by atoms with Crippen molar-refractivity contribution in [3.8, 4) is 0 Å². The number of halogens is 1. The summed E-state index contributed by atoms with van der Waals surface area (Å²) in [4.78, 5) is 13.1. The highest BCUT2D eigenvalue weighted by Gasteiger charge is 2.48. The molecule has 2 aliphatic rings. The maximum Gasteiger partial charge on any atom is 0.134 e.